The summed E-state index contributed by atoms with van der Waals surface area (Å²) in [6.45, 7) is 12.2. The first-order chi connectivity index (χ1) is 24.1. The maximum atomic E-state index is 14.4. The summed E-state index contributed by atoms with van der Waals surface area (Å²) in [6.07, 6.45) is 0. The fourth-order valence-electron chi connectivity index (χ4n) is 8.68. The average molecular weight is 692 g/mol. The molecule has 50 heavy (non-hydrogen) atoms. The van der Waals surface area contributed by atoms with Gasteiger partial charge < -0.3 is 0 Å². The lowest BCUT2D eigenvalue weighted by Crippen LogP contribution is -2.14. The Morgan fingerprint density at radius 1 is 0.480 bits per heavy atom. The highest BCUT2D eigenvalue weighted by atomic mass is 35.5. The summed E-state index contributed by atoms with van der Waals surface area (Å²) >= 11 is 14.6. The van der Waals surface area contributed by atoms with E-state index in [1.165, 1.54) is 0 Å². The molecule has 0 saturated heterocycles. The molecule has 0 amide bonds. The Kier molecular flexibility index (Phi) is 5.73. The van der Waals surface area contributed by atoms with E-state index in [1.807, 2.05) is 76.2 Å². The fraction of sp³-hybridized carbons (Fsp3) is 0.143. The second-order valence-electron chi connectivity index (χ2n) is 13.4. The minimum absolute atomic E-state index is 0.160. The van der Waals surface area contributed by atoms with Crippen molar-refractivity contribution in [3.05, 3.63) is 114 Å². The smallest absolute Gasteiger partial charge is 0.264 e. The maximum absolute atomic E-state index is 14.4. The Balaban J connectivity index is 0.00000156. The van der Waals surface area contributed by atoms with Crippen LogP contribution in [0.2, 0.25) is 10.0 Å². The molecule has 4 heterocycles. The number of hydrogen-bond acceptors (Lipinski definition) is 4. The van der Waals surface area contributed by atoms with Crippen molar-refractivity contribution in [2.24, 2.45) is 0 Å². The van der Waals surface area contributed by atoms with E-state index in [-0.39, 0.29) is 11.1 Å². The summed E-state index contributed by atoms with van der Waals surface area (Å²) in [5.41, 5.74) is 8.05. The third kappa shape index (κ3) is 3.36. The van der Waals surface area contributed by atoms with Gasteiger partial charge in [-0.05, 0) is 109 Å². The summed E-state index contributed by atoms with van der Waals surface area (Å²) in [4.78, 5) is 38.8. The number of halogens is 2. The van der Waals surface area contributed by atoms with Crippen LogP contribution in [0, 0.1) is 27.7 Å². The Labute approximate surface area is 294 Å². The lowest BCUT2D eigenvalue weighted by Gasteiger charge is -2.22. The van der Waals surface area contributed by atoms with Gasteiger partial charge in [0.15, 0.2) is 0 Å². The Morgan fingerprint density at radius 3 is 1.28 bits per heavy atom. The van der Waals surface area contributed by atoms with Gasteiger partial charge in [-0.2, -0.15) is 0 Å². The summed E-state index contributed by atoms with van der Waals surface area (Å²) in [5.74, 6) is 0. The van der Waals surface area contributed by atoms with Crippen molar-refractivity contribution < 1.29 is 0 Å². The van der Waals surface area contributed by atoms with Gasteiger partial charge in [-0.1, -0.05) is 49.2 Å². The SMILES string of the molecule is CC.Cc1ccc2nc3c4cc(C)c5c6c(Cl)cc7c(=O)n8c9cc(C)ccc9nc8c8cc(C)c(c9c(Cl)cc(c(=O)n3c2c1)c4c59)c6c78. The highest BCUT2D eigenvalue weighted by Gasteiger charge is 2.28. The van der Waals surface area contributed by atoms with E-state index >= 15 is 0 Å². The molecule has 6 nitrogen and oxygen atoms in total. The molecule has 0 spiro atoms. The van der Waals surface area contributed by atoms with Crippen molar-refractivity contribution in [3.63, 3.8) is 0 Å². The molecule has 0 bridgehead atoms. The monoisotopic (exact) mass is 690 g/mol. The summed E-state index contributed by atoms with van der Waals surface area (Å²) in [6, 6.07) is 19.8. The van der Waals surface area contributed by atoms with E-state index in [4.69, 9.17) is 33.2 Å². The topological polar surface area (TPSA) is 68.7 Å². The molecule has 11 aromatic rings. The van der Waals surface area contributed by atoms with Gasteiger partial charge in [0.05, 0.1) is 32.8 Å². The number of benzene rings is 7. The van der Waals surface area contributed by atoms with Gasteiger partial charge in [0.1, 0.15) is 11.3 Å². The van der Waals surface area contributed by atoms with E-state index in [0.29, 0.717) is 32.1 Å². The number of rotatable bonds is 0. The quantitative estimate of drug-likeness (QED) is 0.117. The predicted octanol–water partition coefficient (Wildman–Crippen LogP) is 10.8. The zero-order valence-electron chi connectivity index (χ0n) is 28.1. The molecule has 242 valence electrons. The van der Waals surface area contributed by atoms with E-state index in [1.54, 1.807) is 8.80 Å². The molecule has 11 rings (SSSR count). The Bertz CT molecular complexity index is 3200. The first-order valence-corrected chi connectivity index (χ1v) is 17.6. The first-order valence-electron chi connectivity index (χ1n) is 16.8. The van der Waals surface area contributed by atoms with Gasteiger partial charge >= 0.3 is 0 Å². The molecule has 4 aromatic heterocycles. The molecule has 7 aromatic carbocycles. The Morgan fingerprint density at radius 2 is 0.880 bits per heavy atom. The summed E-state index contributed by atoms with van der Waals surface area (Å²) in [5, 5.41) is 10.7. The summed E-state index contributed by atoms with van der Waals surface area (Å²) < 4.78 is 3.44. The molecule has 0 unspecified atom stereocenters. The molecule has 0 radical (unpaired) electrons. The normalized spacial score (nSPS) is 12.6. The fourth-order valence-corrected chi connectivity index (χ4v) is 9.28. The van der Waals surface area contributed by atoms with Crippen LogP contribution in [0.25, 0.3) is 98.0 Å². The van der Waals surface area contributed by atoms with E-state index in [9.17, 15) is 9.59 Å². The van der Waals surface area contributed by atoms with Crippen LogP contribution in [0.15, 0.2) is 70.3 Å². The van der Waals surface area contributed by atoms with Gasteiger partial charge in [-0.15, -0.1) is 0 Å². The molecule has 0 fully saturated rings. The van der Waals surface area contributed by atoms with Crippen molar-refractivity contribution in [1.82, 2.24) is 18.8 Å². The molecule has 0 saturated carbocycles. The minimum atomic E-state index is -0.160. The van der Waals surface area contributed by atoms with Crippen LogP contribution >= 0.6 is 23.2 Å². The number of hydrogen-bond donors (Lipinski definition) is 0. The molecular weight excluding hydrogens is 663 g/mol. The second kappa shape index (κ2) is 9.69. The van der Waals surface area contributed by atoms with Crippen LogP contribution in [0.5, 0.6) is 0 Å². The van der Waals surface area contributed by atoms with Crippen LogP contribution in [-0.2, 0) is 0 Å². The van der Waals surface area contributed by atoms with Gasteiger partial charge in [-0.3, -0.25) is 18.4 Å². The van der Waals surface area contributed by atoms with Crippen molar-refractivity contribution in [2.45, 2.75) is 41.5 Å². The number of imidazole rings is 2. The lowest BCUT2D eigenvalue weighted by atomic mass is 9.83. The van der Waals surface area contributed by atoms with Crippen LogP contribution in [-0.4, -0.2) is 18.8 Å². The first kappa shape index (κ1) is 29.6. The third-order valence-corrected chi connectivity index (χ3v) is 11.2. The number of pyridine rings is 2. The van der Waals surface area contributed by atoms with E-state index in [0.717, 1.165) is 98.2 Å². The largest absolute Gasteiger partial charge is 0.268 e. The van der Waals surface area contributed by atoms with Gasteiger partial charge in [0.2, 0.25) is 0 Å². The highest BCUT2D eigenvalue weighted by molar-refractivity contribution is 6.51. The van der Waals surface area contributed by atoms with Crippen LogP contribution in [0.4, 0.5) is 0 Å². The number of nitrogens with zero attached hydrogens (tertiary/aromatic N) is 4. The number of aromatic nitrogens is 4. The third-order valence-electron chi connectivity index (χ3n) is 10.6. The van der Waals surface area contributed by atoms with Gasteiger partial charge in [0.25, 0.3) is 11.1 Å². The number of aryl methyl sites for hydroxylation is 4. The molecule has 0 aliphatic rings. The molecule has 0 N–H and O–H groups in total. The van der Waals surface area contributed by atoms with Gasteiger partial charge in [-0.25, -0.2) is 9.97 Å². The predicted molar refractivity (Wildman–Crippen MR) is 210 cm³/mol. The van der Waals surface area contributed by atoms with Crippen molar-refractivity contribution >= 4 is 121 Å². The number of fused-ring (bicyclic) bond motifs is 10. The van der Waals surface area contributed by atoms with Crippen molar-refractivity contribution in [1.29, 1.82) is 0 Å². The molecular formula is C42H28Cl2N4O2. The lowest BCUT2D eigenvalue weighted by molar-refractivity contribution is 1.19. The zero-order valence-corrected chi connectivity index (χ0v) is 29.6. The highest BCUT2D eigenvalue weighted by Crippen LogP contribution is 2.51. The van der Waals surface area contributed by atoms with Crippen LogP contribution < -0.4 is 11.1 Å². The standard InChI is InChI=1S/C40H22Cl2N4O2.C2H6/c1-15-5-7-25-27(9-15)45-37(43-25)19-11-17(3)29-34-24(42)14-22-32-20(38-44-26-8-6-16(2)10-28(26)46(38)40(22)48)12-18(4)30(36(32)34)33-23(41)13-21(39(45)47)31(19)35(29)33;1-2/h5-14H,1-4H3;1-2H3. The van der Waals surface area contributed by atoms with E-state index in [2.05, 4.69) is 26.0 Å². The maximum Gasteiger partial charge on any atom is 0.264 e. The minimum Gasteiger partial charge on any atom is -0.268 e. The van der Waals surface area contributed by atoms with Crippen LogP contribution in [0.3, 0.4) is 0 Å². The molecule has 8 heteroatoms. The molecule has 0 aliphatic carbocycles. The molecule has 0 atom stereocenters. The van der Waals surface area contributed by atoms with Gasteiger partial charge in [0, 0.05) is 53.1 Å². The van der Waals surface area contributed by atoms with Crippen LogP contribution in [0.1, 0.15) is 36.1 Å². The molecule has 0 aliphatic heterocycles. The van der Waals surface area contributed by atoms with Crippen molar-refractivity contribution in [2.75, 3.05) is 0 Å². The second-order valence-corrected chi connectivity index (χ2v) is 14.2. The van der Waals surface area contributed by atoms with E-state index < -0.39 is 0 Å². The average Bonchev–Trinajstić information content (AvgIpc) is 3.67. The van der Waals surface area contributed by atoms with Crippen molar-refractivity contribution in [3.8, 4) is 0 Å². The zero-order chi connectivity index (χ0) is 34.7. The summed E-state index contributed by atoms with van der Waals surface area (Å²) in [7, 11) is 0. The Hall–Kier alpha value is -5.30.